The summed E-state index contributed by atoms with van der Waals surface area (Å²) in [5.74, 6) is 0.231. The summed E-state index contributed by atoms with van der Waals surface area (Å²) >= 11 is 3.26. The lowest BCUT2D eigenvalue weighted by Gasteiger charge is -2.25. The van der Waals surface area contributed by atoms with Crippen LogP contribution in [0.5, 0.6) is 11.5 Å². The number of hydrogen-bond acceptors (Lipinski definition) is 6. The van der Waals surface area contributed by atoms with Gasteiger partial charge in [-0.1, -0.05) is 0 Å². The van der Waals surface area contributed by atoms with Crippen molar-refractivity contribution in [2.24, 2.45) is 5.10 Å². The second-order valence-electron chi connectivity index (χ2n) is 4.96. The molecule has 2 rings (SSSR count). The average Bonchev–Trinajstić information content (AvgIpc) is 2.53. The first-order valence-electron chi connectivity index (χ1n) is 7.37. The lowest BCUT2D eigenvalue weighted by molar-refractivity contribution is -0.123. The number of morpholine rings is 1. The van der Waals surface area contributed by atoms with Crippen LogP contribution in [0, 0.1) is 0 Å². The Bertz CT molecular complexity index is 574. The SMILES string of the molecule is CCOc1cc(/C=N\NC(=O)CN2CCOCC2)cc(Br)c1O. The number of halogens is 1. The molecule has 0 aromatic heterocycles. The lowest BCUT2D eigenvalue weighted by Crippen LogP contribution is -2.42. The van der Waals surface area contributed by atoms with E-state index in [4.69, 9.17) is 9.47 Å². The topological polar surface area (TPSA) is 83.4 Å². The van der Waals surface area contributed by atoms with E-state index in [9.17, 15) is 9.90 Å². The first kappa shape index (κ1) is 17.7. The van der Waals surface area contributed by atoms with Gasteiger partial charge in [0, 0.05) is 13.1 Å². The highest BCUT2D eigenvalue weighted by atomic mass is 79.9. The molecule has 1 aromatic carbocycles. The van der Waals surface area contributed by atoms with Gasteiger partial charge < -0.3 is 14.6 Å². The molecule has 1 fully saturated rings. The van der Waals surface area contributed by atoms with E-state index < -0.39 is 0 Å². The second-order valence-corrected chi connectivity index (χ2v) is 5.82. The van der Waals surface area contributed by atoms with Crippen molar-refractivity contribution >= 4 is 28.1 Å². The zero-order chi connectivity index (χ0) is 16.7. The van der Waals surface area contributed by atoms with Crippen LogP contribution < -0.4 is 10.2 Å². The van der Waals surface area contributed by atoms with Crippen molar-refractivity contribution in [2.75, 3.05) is 39.5 Å². The van der Waals surface area contributed by atoms with E-state index in [1.165, 1.54) is 6.21 Å². The Balaban J connectivity index is 1.90. The summed E-state index contributed by atoms with van der Waals surface area (Å²) < 4.78 is 11.1. The molecule has 0 radical (unpaired) electrons. The molecule has 0 spiro atoms. The number of amides is 1. The van der Waals surface area contributed by atoms with Gasteiger partial charge in [0.1, 0.15) is 0 Å². The Kier molecular flexibility index (Phi) is 6.82. The Morgan fingerprint density at radius 2 is 2.26 bits per heavy atom. The van der Waals surface area contributed by atoms with Crippen LogP contribution in [0.1, 0.15) is 12.5 Å². The molecule has 2 N–H and O–H groups in total. The summed E-state index contributed by atoms with van der Waals surface area (Å²) in [4.78, 5) is 13.8. The van der Waals surface area contributed by atoms with Gasteiger partial charge in [-0.25, -0.2) is 5.43 Å². The second kappa shape index (κ2) is 8.85. The molecule has 0 atom stereocenters. The molecule has 0 unspecified atom stereocenters. The Morgan fingerprint density at radius 1 is 1.52 bits per heavy atom. The number of nitrogens with zero attached hydrogens (tertiary/aromatic N) is 2. The van der Waals surface area contributed by atoms with E-state index in [-0.39, 0.29) is 11.7 Å². The first-order valence-corrected chi connectivity index (χ1v) is 8.16. The molecule has 8 heteroatoms. The summed E-state index contributed by atoms with van der Waals surface area (Å²) in [5, 5.41) is 13.8. The highest BCUT2D eigenvalue weighted by Crippen LogP contribution is 2.34. The maximum absolute atomic E-state index is 11.8. The van der Waals surface area contributed by atoms with Crippen LogP contribution in [-0.2, 0) is 9.53 Å². The van der Waals surface area contributed by atoms with Gasteiger partial charge in [-0.15, -0.1) is 0 Å². The van der Waals surface area contributed by atoms with Crippen LogP contribution in [0.15, 0.2) is 21.7 Å². The van der Waals surface area contributed by atoms with Gasteiger partial charge in [-0.05, 0) is 40.5 Å². The van der Waals surface area contributed by atoms with E-state index in [1.54, 1.807) is 12.1 Å². The van der Waals surface area contributed by atoms with E-state index in [1.807, 2.05) is 11.8 Å². The quantitative estimate of drug-likeness (QED) is 0.570. The Morgan fingerprint density at radius 3 is 2.96 bits per heavy atom. The molecule has 1 saturated heterocycles. The molecule has 7 nitrogen and oxygen atoms in total. The van der Waals surface area contributed by atoms with Gasteiger partial charge in [0.2, 0.25) is 0 Å². The Hall–Kier alpha value is -1.64. The van der Waals surface area contributed by atoms with Crippen molar-refractivity contribution in [3.05, 3.63) is 22.2 Å². The third-order valence-electron chi connectivity index (χ3n) is 3.22. The number of benzene rings is 1. The number of nitrogens with one attached hydrogen (secondary N) is 1. The van der Waals surface area contributed by atoms with Crippen LogP contribution >= 0.6 is 15.9 Å². The van der Waals surface area contributed by atoms with Gasteiger partial charge in [-0.3, -0.25) is 9.69 Å². The van der Waals surface area contributed by atoms with Crippen molar-refractivity contribution in [2.45, 2.75) is 6.92 Å². The molecule has 23 heavy (non-hydrogen) atoms. The normalized spacial score (nSPS) is 15.7. The van der Waals surface area contributed by atoms with E-state index >= 15 is 0 Å². The Labute approximate surface area is 143 Å². The summed E-state index contributed by atoms with van der Waals surface area (Å²) in [5.41, 5.74) is 3.19. The minimum atomic E-state index is -0.175. The first-order chi connectivity index (χ1) is 11.1. The van der Waals surface area contributed by atoms with E-state index in [0.717, 1.165) is 13.1 Å². The average molecular weight is 386 g/mol. The molecule has 0 aliphatic carbocycles. The van der Waals surface area contributed by atoms with Gasteiger partial charge in [0.05, 0.1) is 37.1 Å². The van der Waals surface area contributed by atoms with Crippen molar-refractivity contribution in [1.29, 1.82) is 0 Å². The standard InChI is InChI=1S/C15H20BrN3O4/c1-2-23-13-8-11(7-12(16)15(13)21)9-17-18-14(20)10-19-3-5-22-6-4-19/h7-9,21H,2-6,10H2,1H3,(H,18,20)/b17-9-. The molecular weight excluding hydrogens is 366 g/mol. The van der Waals surface area contributed by atoms with Crippen LogP contribution in [-0.4, -0.2) is 61.6 Å². The molecule has 126 valence electrons. The number of ether oxygens (including phenoxy) is 2. The number of hydrogen-bond donors (Lipinski definition) is 2. The fourth-order valence-electron chi connectivity index (χ4n) is 2.11. The van der Waals surface area contributed by atoms with Crippen LogP contribution in [0.25, 0.3) is 0 Å². The van der Waals surface area contributed by atoms with Gasteiger partial charge in [0.15, 0.2) is 11.5 Å². The van der Waals surface area contributed by atoms with Crippen LogP contribution in [0.3, 0.4) is 0 Å². The predicted octanol–water partition coefficient (Wildman–Crippen LogP) is 1.34. The van der Waals surface area contributed by atoms with Crippen molar-refractivity contribution in [1.82, 2.24) is 10.3 Å². The number of phenolic OH excluding ortho intramolecular Hbond substituents is 1. The molecular formula is C15H20BrN3O4. The molecule has 0 saturated carbocycles. The van der Waals surface area contributed by atoms with Crippen molar-refractivity contribution in [3.63, 3.8) is 0 Å². The minimum absolute atomic E-state index is 0.0420. The number of hydrazone groups is 1. The maximum Gasteiger partial charge on any atom is 0.254 e. The van der Waals surface area contributed by atoms with Gasteiger partial charge in [-0.2, -0.15) is 5.10 Å². The summed E-state index contributed by atoms with van der Waals surface area (Å²) in [6, 6.07) is 3.34. The highest BCUT2D eigenvalue weighted by molar-refractivity contribution is 9.10. The number of rotatable bonds is 6. The van der Waals surface area contributed by atoms with Gasteiger partial charge in [0.25, 0.3) is 5.91 Å². The lowest BCUT2D eigenvalue weighted by atomic mass is 10.2. The summed E-state index contributed by atoms with van der Waals surface area (Å²) in [6.07, 6.45) is 1.50. The van der Waals surface area contributed by atoms with Crippen molar-refractivity contribution < 1.29 is 19.4 Å². The molecule has 1 aliphatic rings. The zero-order valence-electron chi connectivity index (χ0n) is 12.9. The largest absolute Gasteiger partial charge is 0.503 e. The fraction of sp³-hybridized carbons (Fsp3) is 0.467. The minimum Gasteiger partial charge on any atom is -0.503 e. The van der Waals surface area contributed by atoms with Crippen LogP contribution in [0.4, 0.5) is 0 Å². The number of carbonyl (C=O) groups excluding carboxylic acids is 1. The van der Waals surface area contributed by atoms with Crippen molar-refractivity contribution in [3.8, 4) is 11.5 Å². The molecule has 1 heterocycles. The highest BCUT2D eigenvalue weighted by Gasteiger charge is 2.13. The number of phenols is 1. The smallest absolute Gasteiger partial charge is 0.254 e. The number of carbonyl (C=O) groups is 1. The molecule has 1 aliphatic heterocycles. The van der Waals surface area contributed by atoms with Gasteiger partial charge >= 0.3 is 0 Å². The zero-order valence-corrected chi connectivity index (χ0v) is 14.5. The molecule has 0 bridgehead atoms. The summed E-state index contributed by atoms with van der Waals surface area (Å²) in [7, 11) is 0. The van der Waals surface area contributed by atoms with E-state index in [2.05, 4.69) is 26.5 Å². The van der Waals surface area contributed by atoms with Crippen LogP contribution in [0.2, 0.25) is 0 Å². The summed E-state index contributed by atoms with van der Waals surface area (Å²) in [6.45, 7) is 5.37. The predicted molar refractivity (Wildman–Crippen MR) is 90.0 cm³/mol. The third kappa shape index (κ3) is 5.49. The number of aromatic hydroxyl groups is 1. The maximum atomic E-state index is 11.8. The fourth-order valence-corrected chi connectivity index (χ4v) is 2.57. The molecule has 1 amide bonds. The monoisotopic (exact) mass is 385 g/mol. The molecule has 1 aromatic rings. The third-order valence-corrected chi connectivity index (χ3v) is 3.83. The van der Waals surface area contributed by atoms with E-state index in [0.29, 0.717) is 42.2 Å².